The van der Waals surface area contributed by atoms with E-state index in [1.54, 1.807) is 18.4 Å². The van der Waals surface area contributed by atoms with Gasteiger partial charge in [-0.2, -0.15) is 4.98 Å². The van der Waals surface area contributed by atoms with E-state index in [-0.39, 0.29) is 11.9 Å². The van der Waals surface area contributed by atoms with Crippen LogP contribution in [0.1, 0.15) is 31.6 Å². The second-order valence-corrected chi connectivity index (χ2v) is 8.31. The van der Waals surface area contributed by atoms with Gasteiger partial charge in [0.05, 0.1) is 17.7 Å². The summed E-state index contributed by atoms with van der Waals surface area (Å²) in [6.07, 6.45) is 3.76. The number of rotatable bonds is 8. The maximum Gasteiger partial charge on any atom is 0.226 e. The molecule has 158 valence electrons. The van der Waals surface area contributed by atoms with Crippen LogP contribution < -0.4 is 15.0 Å². The fourth-order valence-corrected chi connectivity index (χ4v) is 4.42. The largest absolute Gasteiger partial charge is 0.495 e. The second-order valence-electron chi connectivity index (χ2n) is 7.37. The Morgan fingerprint density at radius 3 is 3.07 bits per heavy atom. The highest BCUT2D eigenvalue weighted by Crippen LogP contribution is 2.30. The molecule has 1 aromatic carbocycles. The molecule has 3 heterocycles. The maximum absolute atomic E-state index is 12.4. The summed E-state index contributed by atoms with van der Waals surface area (Å²) in [4.78, 5) is 20.1. The molecule has 1 aliphatic rings. The van der Waals surface area contributed by atoms with Gasteiger partial charge in [0.1, 0.15) is 5.75 Å². The molecular weight excluding hydrogens is 400 g/mol. The van der Waals surface area contributed by atoms with Crippen molar-refractivity contribution in [3.8, 4) is 16.5 Å². The lowest BCUT2D eigenvalue weighted by atomic mass is 10.0. The number of para-hydroxylation sites is 2. The number of amides is 1. The Morgan fingerprint density at radius 2 is 2.23 bits per heavy atom. The third-order valence-electron chi connectivity index (χ3n) is 5.22. The normalized spacial score (nSPS) is 16.4. The summed E-state index contributed by atoms with van der Waals surface area (Å²) in [5, 5.41) is 9.17. The highest BCUT2D eigenvalue weighted by Gasteiger charge is 2.23. The smallest absolute Gasteiger partial charge is 0.226 e. The summed E-state index contributed by atoms with van der Waals surface area (Å²) in [6.45, 7) is 1.76. The van der Waals surface area contributed by atoms with Crippen molar-refractivity contribution in [1.29, 1.82) is 0 Å². The predicted octanol–water partition coefficient (Wildman–Crippen LogP) is 3.91. The lowest BCUT2D eigenvalue weighted by Gasteiger charge is -2.35. The highest BCUT2D eigenvalue weighted by molar-refractivity contribution is 7.13. The van der Waals surface area contributed by atoms with Crippen molar-refractivity contribution in [1.82, 2.24) is 15.5 Å². The molecule has 2 aromatic heterocycles. The number of aromatic nitrogens is 2. The number of aryl methyl sites for hydroxylation is 1. The van der Waals surface area contributed by atoms with Crippen LogP contribution in [-0.4, -0.2) is 42.3 Å². The van der Waals surface area contributed by atoms with Crippen LogP contribution in [0.15, 0.2) is 46.3 Å². The van der Waals surface area contributed by atoms with Crippen molar-refractivity contribution in [2.45, 2.75) is 38.1 Å². The van der Waals surface area contributed by atoms with Gasteiger partial charge in [0.2, 0.25) is 17.6 Å². The summed E-state index contributed by atoms with van der Waals surface area (Å²) < 4.78 is 10.8. The zero-order valence-corrected chi connectivity index (χ0v) is 17.9. The van der Waals surface area contributed by atoms with Crippen LogP contribution in [0.25, 0.3) is 10.7 Å². The van der Waals surface area contributed by atoms with Crippen molar-refractivity contribution in [2.24, 2.45) is 0 Å². The number of anilines is 1. The molecule has 1 saturated heterocycles. The number of methoxy groups -OCH3 is 1. The van der Waals surface area contributed by atoms with E-state index in [1.807, 2.05) is 35.7 Å². The van der Waals surface area contributed by atoms with E-state index in [2.05, 4.69) is 26.4 Å². The summed E-state index contributed by atoms with van der Waals surface area (Å²) >= 11 is 1.58. The molecule has 0 spiro atoms. The first-order chi connectivity index (χ1) is 14.7. The van der Waals surface area contributed by atoms with Gasteiger partial charge in [-0.05, 0) is 42.8 Å². The first-order valence-corrected chi connectivity index (χ1v) is 11.1. The number of thiophene rings is 1. The monoisotopic (exact) mass is 426 g/mol. The summed E-state index contributed by atoms with van der Waals surface area (Å²) in [5.74, 6) is 2.13. The number of carbonyl (C=O) groups is 1. The maximum atomic E-state index is 12.4. The second kappa shape index (κ2) is 9.75. The van der Waals surface area contributed by atoms with Crippen LogP contribution in [0.4, 0.5) is 5.69 Å². The molecule has 8 heteroatoms. The van der Waals surface area contributed by atoms with Gasteiger partial charge < -0.3 is 19.5 Å². The number of hydrogen-bond acceptors (Lipinski definition) is 7. The lowest BCUT2D eigenvalue weighted by Crippen LogP contribution is -2.47. The molecule has 0 bridgehead atoms. The molecule has 0 saturated carbocycles. The van der Waals surface area contributed by atoms with E-state index in [4.69, 9.17) is 9.26 Å². The van der Waals surface area contributed by atoms with Crippen molar-refractivity contribution >= 4 is 22.9 Å². The number of benzene rings is 1. The SMILES string of the molecule is COc1ccccc1N1CCCC(NC(=O)CCCc2nc(-c3cccs3)no2)C1. The molecule has 1 fully saturated rings. The van der Waals surface area contributed by atoms with Gasteiger partial charge in [-0.15, -0.1) is 11.3 Å². The molecule has 0 aliphatic carbocycles. The average molecular weight is 427 g/mol. The van der Waals surface area contributed by atoms with Crippen LogP contribution in [-0.2, 0) is 11.2 Å². The Hall–Kier alpha value is -2.87. The van der Waals surface area contributed by atoms with E-state index < -0.39 is 0 Å². The number of piperidine rings is 1. The molecule has 7 nitrogen and oxygen atoms in total. The number of hydrogen-bond donors (Lipinski definition) is 1. The summed E-state index contributed by atoms with van der Waals surface area (Å²) in [7, 11) is 1.69. The van der Waals surface area contributed by atoms with Crippen LogP contribution in [0.2, 0.25) is 0 Å². The molecule has 0 radical (unpaired) electrons. The highest BCUT2D eigenvalue weighted by atomic mass is 32.1. The zero-order chi connectivity index (χ0) is 20.8. The third-order valence-corrected chi connectivity index (χ3v) is 6.08. The minimum Gasteiger partial charge on any atom is -0.495 e. The molecule has 1 atom stereocenters. The predicted molar refractivity (Wildman–Crippen MR) is 117 cm³/mol. The topological polar surface area (TPSA) is 80.5 Å². The van der Waals surface area contributed by atoms with Crippen molar-refractivity contribution in [2.75, 3.05) is 25.1 Å². The van der Waals surface area contributed by atoms with Gasteiger partial charge in [-0.1, -0.05) is 23.4 Å². The lowest BCUT2D eigenvalue weighted by molar-refractivity contribution is -0.121. The van der Waals surface area contributed by atoms with Gasteiger partial charge in [-0.3, -0.25) is 4.79 Å². The minimum absolute atomic E-state index is 0.0693. The number of ether oxygens (including phenoxy) is 1. The number of carbonyl (C=O) groups excluding carboxylic acids is 1. The number of nitrogens with one attached hydrogen (secondary N) is 1. The Morgan fingerprint density at radius 1 is 1.33 bits per heavy atom. The first kappa shape index (κ1) is 20.4. The van der Waals surface area contributed by atoms with Crippen molar-refractivity contribution in [3.63, 3.8) is 0 Å². The fraction of sp³-hybridized carbons (Fsp3) is 0.409. The Kier molecular flexibility index (Phi) is 6.63. The quantitative estimate of drug-likeness (QED) is 0.588. The van der Waals surface area contributed by atoms with Gasteiger partial charge in [-0.25, -0.2) is 0 Å². The zero-order valence-electron chi connectivity index (χ0n) is 17.0. The van der Waals surface area contributed by atoms with Gasteiger partial charge in [0, 0.05) is 32.0 Å². The van der Waals surface area contributed by atoms with Crippen molar-refractivity contribution < 1.29 is 14.1 Å². The summed E-state index contributed by atoms with van der Waals surface area (Å²) in [5.41, 5.74) is 1.08. The van der Waals surface area contributed by atoms with E-state index >= 15 is 0 Å². The standard InChI is InChI=1S/C22H26N4O3S/c1-28-18-9-3-2-8-17(18)26-13-5-7-16(15-26)23-20(27)11-4-12-21-24-22(25-29-21)19-10-6-14-30-19/h2-3,6,8-10,14,16H,4-5,7,11-13,15H2,1H3,(H,23,27). The Labute approximate surface area is 180 Å². The first-order valence-electron chi connectivity index (χ1n) is 10.3. The summed E-state index contributed by atoms with van der Waals surface area (Å²) in [6, 6.07) is 12.1. The van der Waals surface area contributed by atoms with Gasteiger partial charge >= 0.3 is 0 Å². The van der Waals surface area contributed by atoms with E-state index in [1.165, 1.54) is 0 Å². The van der Waals surface area contributed by atoms with Crippen LogP contribution in [0.3, 0.4) is 0 Å². The van der Waals surface area contributed by atoms with E-state index in [0.717, 1.165) is 42.2 Å². The van der Waals surface area contributed by atoms with E-state index in [9.17, 15) is 4.79 Å². The van der Waals surface area contributed by atoms with Crippen LogP contribution in [0, 0.1) is 0 Å². The van der Waals surface area contributed by atoms with Gasteiger partial charge in [0.15, 0.2) is 0 Å². The molecule has 30 heavy (non-hydrogen) atoms. The van der Waals surface area contributed by atoms with Crippen LogP contribution in [0.5, 0.6) is 5.75 Å². The average Bonchev–Trinajstić information content (AvgIpc) is 3.46. The number of nitrogens with zero attached hydrogens (tertiary/aromatic N) is 3. The minimum atomic E-state index is 0.0693. The Balaban J connectivity index is 1.24. The Bertz CT molecular complexity index is 957. The van der Waals surface area contributed by atoms with Gasteiger partial charge in [0.25, 0.3) is 0 Å². The fourth-order valence-electron chi connectivity index (χ4n) is 3.77. The van der Waals surface area contributed by atoms with E-state index in [0.29, 0.717) is 31.0 Å². The third kappa shape index (κ3) is 4.99. The van der Waals surface area contributed by atoms with Crippen molar-refractivity contribution in [3.05, 3.63) is 47.7 Å². The molecule has 4 rings (SSSR count). The molecular formula is C22H26N4O3S. The molecule has 1 amide bonds. The molecule has 3 aromatic rings. The van der Waals surface area contributed by atoms with Crippen LogP contribution >= 0.6 is 11.3 Å². The molecule has 1 unspecified atom stereocenters. The molecule has 1 N–H and O–H groups in total. The molecule has 1 aliphatic heterocycles.